The molecule has 9 nitrogen and oxygen atoms in total. The highest BCUT2D eigenvalue weighted by Gasteiger charge is 2.13. The van der Waals surface area contributed by atoms with E-state index in [2.05, 4.69) is 10.3 Å². The lowest BCUT2D eigenvalue weighted by Gasteiger charge is -2.14. The van der Waals surface area contributed by atoms with Crippen LogP contribution in [-0.4, -0.2) is 42.3 Å². The summed E-state index contributed by atoms with van der Waals surface area (Å²) in [5, 5.41) is 3.18. The van der Waals surface area contributed by atoms with Gasteiger partial charge in [0.2, 0.25) is 0 Å². The Bertz CT molecular complexity index is 1180. The summed E-state index contributed by atoms with van der Waals surface area (Å²) in [6.45, 7) is 1.79. The van der Waals surface area contributed by atoms with E-state index in [1.165, 1.54) is 25.1 Å². The number of carbonyl (C=O) groups is 2. The maximum Gasteiger partial charge on any atom is 0.306 e. The Kier molecular flexibility index (Phi) is 8.01. The zero-order valence-corrected chi connectivity index (χ0v) is 18.9. The number of carbonyl (C=O) groups excluding carboxylic acids is 2. The van der Waals surface area contributed by atoms with E-state index in [-0.39, 0.29) is 37.1 Å². The number of aromatic nitrogens is 2. The van der Waals surface area contributed by atoms with Crippen LogP contribution in [0.3, 0.4) is 0 Å². The number of methoxy groups -OCH3 is 2. The normalized spacial score (nSPS) is 11.6. The number of rotatable bonds is 10. The fraction of sp³-hybridized carbons (Fsp3) is 0.333. The van der Waals surface area contributed by atoms with E-state index in [0.29, 0.717) is 28.8 Å². The second-order valence-corrected chi connectivity index (χ2v) is 7.43. The predicted octanol–water partition coefficient (Wildman–Crippen LogP) is 2.61. The van der Waals surface area contributed by atoms with Crippen molar-refractivity contribution < 1.29 is 23.8 Å². The number of nitrogens with one attached hydrogen (secondary N) is 1. The Balaban J connectivity index is 1.49. The van der Waals surface area contributed by atoms with Crippen LogP contribution in [0.1, 0.15) is 31.4 Å². The molecule has 33 heavy (non-hydrogen) atoms. The molecule has 174 valence electrons. The quantitative estimate of drug-likeness (QED) is 0.470. The highest BCUT2D eigenvalue weighted by Crippen LogP contribution is 2.29. The van der Waals surface area contributed by atoms with E-state index in [9.17, 15) is 14.4 Å². The molecule has 1 heterocycles. The molecule has 0 radical (unpaired) electrons. The Morgan fingerprint density at radius 2 is 1.79 bits per heavy atom. The van der Waals surface area contributed by atoms with E-state index in [0.717, 1.165) is 5.56 Å². The second kappa shape index (κ2) is 11.1. The molecule has 1 aromatic heterocycles. The summed E-state index contributed by atoms with van der Waals surface area (Å²) >= 11 is 0. The van der Waals surface area contributed by atoms with Crippen molar-refractivity contribution in [2.75, 3.05) is 20.8 Å². The second-order valence-electron chi connectivity index (χ2n) is 7.43. The number of benzene rings is 2. The molecule has 0 aliphatic heterocycles. The lowest BCUT2D eigenvalue weighted by molar-refractivity contribution is -0.148. The van der Waals surface area contributed by atoms with Crippen LogP contribution < -0.4 is 20.3 Å². The number of fused-ring (bicyclic) bond motifs is 1. The van der Waals surface area contributed by atoms with Crippen molar-refractivity contribution in [3.8, 4) is 11.5 Å². The Morgan fingerprint density at radius 3 is 2.48 bits per heavy atom. The minimum absolute atomic E-state index is 0.0674. The summed E-state index contributed by atoms with van der Waals surface area (Å²) in [6.07, 6.45) is 1.86. The molecule has 2 aromatic carbocycles. The van der Waals surface area contributed by atoms with Gasteiger partial charge in [-0.15, -0.1) is 0 Å². The van der Waals surface area contributed by atoms with Crippen molar-refractivity contribution in [2.45, 2.75) is 32.4 Å². The van der Waals surface area contributed by atoms with Crippen LogP contribution in [0.5, 0.6) is 11.5 Å². The fourth-order valence-corrected chi connectivity index (χ4v) is 3.36. The molecule has 3 aromatic rings. The van der Waals surface area contributed by atoms with E-state index in [1.54, 1.807) is 12.1 Å². The zero-order valence-electron chi connectivity index (χ0n) is 18.9. The molecule has 0 aliphatic rings. The summed E-state index contributed by atoms with van der Waals surface area (Å²) in [6, 6.07) is 12.5. The summed E-state index contributed by atoms with van der Waals surface area (Å²) < 4.78 is 17.0. The SMILES string of the molecule is COc1cc2ncn(CCCC(=O)OCC(=O)NC(C)c3ccccc3)c(=O)c2cc1OC. The van der Waals surface area contributed by atoms with Gasteiger partial charge in [0.05, 0.1) is 37.5 Å². The van der Waals surface area contributed by atoms with Gasteiger partial charge in [-0.2, -0.15) is 0 Å². The van der Waals surface area contributed by atoms with Crippen LogP contribution in [0.2, 0.25) is 0 Å². The topological polar surface area (TPSA) is 109 Å². The molecule has 0 saturated carbocycles. The van der Waals surface area contributed by atoms with Crippen LogP contribution in [-0.2, 0) is 20.9 Å². The number of aryl methyl sites for hydroxylation is 1. The van der Waals surface area contributed by atoms with Crippen LogP contribution in [0.25, 0.3) is 10.9 Å². The molecule has 1 N–H and O–H groups in total. The average molecular weight is 453 g/mol. The monoisotopic (exact) mass is 453 g/mol. The maximum atomic E-state index is 12.8. The number of esters is 1. The predicted molar refractivity (Wildman–Crippen MR) is 122 cm³/mol. The smallest absolute Gasteiger partial charge is 0.306 e. The summed E-state index contributed by atoms with van der Waals surface area (Å²) in [5.74, 6) is 0.0365. The van der Waals surface area contributed by atoms with Gasteiger partial charge < -0.3 is 19.5 Å². The lowest BCUT2D eigenvalue weighted by atomic mass is 10.1. The third kappa shape index (κ3) is 6.09. The molecule has 1 unspecified atom stereocenters. The first-order valence-electron chi connectivity index (χ1n) is 10.5. The van der Waals surface area contributed by atoms with E-state index >= 15 is 0 Å². The fourth-order valence-electron chi connectivity index (χ4n) is 3.36. The Labute approximate surface area is 191 Å². The summed E-state index contributed by atoms with van der Waals surface area (Å²) in [7, 11) is 3.00. The minimum Gasteiger partial charge on any atom is -0.493 e. The largest absolute Gasteiger partial charge is 0.493 e. The number of hydrogen-bond donors (Lipinski definition) is 1. The average Bonchev–Trinajstić information content (AvgIpc) is 2.84. The van der Waals surface area contributed by atoms with Gasteiger partial charge >= 0.3 is 5.97 Å². The van der Waals surface area contributed by atoms with Crippen molar-refractivity contribution in [3.63, 3.8) is 0 Å². The van der Waals surface area contributed by atoms with Crippen molar-refractivity contribution in [3.05, 3.63) is 64.7 Å². The van der Waals surface area contributed by atoms with Crippen molar-refractivity contribution in [2.24, 2.45) is 0 Å². The molecular formula is C24H27N3O6. The van der Waals surface area contributed by atoms with E-state index in [1.807, 2.05) is 37.3 Å². The maximum absolute atomic E-state index is 12.8. The molecule has 1 atom stereocenters. The van der Waals surface area contributed by atoms with E-state index < -0.39 is 5.97 Å². The van der Waals surface area contributed by atoms with Gasteiger partial charge in [-0.05, 0) is 25.0 Å². The first kappa shape index (κ1) is 23.8. The van der Waals surface area contributed by atoms with Crippen molar-refractivity contribution >= 4 is 22.8 Å². The molecule has 0 saturated heterocycles. The van der Waals surface area contributed by atoms with Gasteiger partial charge in [0, 0.05) is 19.0 Å². The Morgan fingerprint density at radius 1 is 1.09 bits per heavy atom. The molecule has 3 rings (SSSR count). The van der Waals surface area contributed by atoms with Gasteiger partial charge in [0.25, 0.3) is 11.5 Å². The van der Waals surface area contributed by atoms with Crippen LogP contribution in [0, 0.1) is 0 Å². The van der Waals surface area contributed by atoms with Crippen molar-refractivity contribution in [1.29, 1.82) is 0 Å². The number of amides is 1. The van der Waals surface area contributed by atoms with Crippen LogP contribution >= 0.6 is 0 Å². The van der Waals surface area contributed by atoms with E-state index in [4.69, 9.17) is 14.2 Å². The minimum atomic E-state index is -0.509. The summed E-state index contributed by atoms with van der Waals surface area (Å²) in [5.41, 5.74) is 1.20. The highest BCUT2D eigenvalue weighted by molar-refractivity contribution is 5.82. The number of ether oxygens (including phenoxy) is 3. The molecule has 1 amide bonds. The van der Waals surface area contributed by atoms with Crippen molar-refractivity contribution in [1.82, 2.24) is 14.9 Å². The molecule has 9 heteroatoms. The summed E-state index contributed by atoms with van der Waals surface area (Å²) in [4.78, 5) is 41.1. The van der Waals surface area contributed by atoms with Gasteiger partial charge in [-0.1, -0.05) is 30.3 Å². The van der Waals surface area contributed by atoms with Gasteiger partial charge in [-0.3, -0.25) is 19.0 Å². The lowest BCUT2D eigenvalue weighted by Crippen LogP contribution is -2.31. The van der Waals surface area contributed by atoms with Crippen LogP contribution in [0.15, 0.2) is 53.6 Å². The standard InChI is InChI=1S/C24H27N3O6/c1-16(17-8-5-4-6-9-17)26-22(28)14-33-23(29)10-7-11-27-15-25-19-13-21(32-3)20(31-2)12-18(19)24(27)30/h4-6,8-9,12-13,15-16H,7,10-11,14H2,1-3H3,(H,26,28). The third-order valence-electron chi connectivity index (χ3n) is 5.15. The van der Waals surface area contributed by atoms with Gasteiger partial charge in [-0.25, -0.2) is 4.98 Å². The first-order valence-corrected chi connectivity index (χ1v) is 10.5. The molecule has 0 aliphatic carbocycles. The molecule has 0 bridgehead atoms. The van der Waals surface area contributed by atoms with Crippen LogP contribution in [0.4, 0.5) is 0 Å². The number of hydrogen-bond acceptors (Lipinski definition) is 7. The third-order valence-corrected chi connectivity index (χ3v) is 5.15. The zero-order chi connectivity index (χ0) is 23.8. The molecule has 0 spiro atoms. The first-order chi connectivity index (χ1) is 15.9. The van der Waals surface area contributed by atoms with Gasteiger partial charge in [0.15, 0.2) is 18.1 Å². The highest BCUT2D eigenvalue weighted by atomic mass is 16.5. The number of nitrogens with zero attached hydrogens (tertiary/aromatic N) is 2. The van der Waals surface area contributed by atoms with Gasteiger partial charge in [0.1, 0.15) is 0 Å². The molecule has 0 fully saturated rings. The molecular weight excluding hydrogens is 426 g/mol. The Hall–Kier alpha value is -3.88.